The van der Waals surface area contributed by atoms with Crippen molar-refractivity contribution in [2.75, 3.05) is 37.4 Å². The van der Waals surface area contributed by atoms with E-state index in [0.29, 0.717) is 18.3 Å². The zero-order chi connectivity index (χ0) is 24.2. The number of hydrogen-bond donors (Lipinski definition) is 3. The summed E-state index contributed by atoms with van der Waals surface area (Å²) in [5.74, 6) is 0.653. The molecule has 1 amide bonds. The third-order valence-corrected chi connectivity index (χ3v) is 5.84. The highest BCUT2D eigenvalue weighted by atomic mass is 16.5. The average molecular weight is 464 g/mol. The smallest absolute Gasteiger partial charge is 0.330 e. The van der Waals surface area contributed by atoms with Crippen molar-refractivity contribution in [3.63, 3.8) is 0 Å². The van der Waals surface area contributed by atoms with Crippen LogP contribution in [0.25, 0.3) is 0 Å². The normalized spacial score (nSPS) is 15.3. The number of aryl methyl sites for hydroxylation is 1. The molecule has 182 valence electrons. The van der Waals surface area contributed by atoms with E-state index in [0.717, 1.165) is 25.7 Å². The molecule has 1 fully saturated rings. The first-order valence-corrected chi connectivity index (χ1v) is 11.2. The molecule has 0 aromatic carbocycles. The predicted octanol–water partition coefficient (Wildman–Crippen LogP) is 0.505. The highest BCUT2D eigenvalue weighted by molar-refractivity contribution is 5.96. The van der Waals surface area contributed by atoms with Gasteiger partial charge in [0.1, 0.15) is 5.82 Å². The summed E-state index contributed by atoms with van der Waals surface area (Å²) in [5.41, 5.74) is 4.28. The van der Waals surface area contributed by atoms with Gasteiger partial charge in [0.2, 0.25) is 11.8 Å². The molecule has 0 atom stereocenters. The molecule has 1 aliphatic rings. The Morgan fingerprint density at radius 1 is 1.36 bits per heavy atom. The first kappa shape index (κ1) is 24.6. The number of H-pyrrole nitrogens is 1. The van der Waals surface area contributed by atoms with Gasteiger partial charge in [-0.3, -0.25) is 24.5 Å². The Balaban J connectivity index is 1.91. The number of nitrogen functional groups attached to an aromatic ring is 1. The molecule has 0 unspecified atom stereocenters. The van der Waals surface area contributed by atoms with Gasteiger partial charge in [-0.2, -0.15) is 4.98 Å². The van der Waals surface area contributed by atoms with E-state index in [1.165, 1.54) is 16.6 Å². The minimum absolute atomic E-state index is 0.0497. The Kier molecular flexibility index (Phi) is 7.69. The number of methoxy groups -OCH3 is 1. The van der Waals surface area contributed by atoms with Crippen LogP contribution < -0.4 is 27.2 Å². The van der Waals surface area contributed by atoms with Crippen molar-refractivity contribution in [3.05, 3.63) is 32.6 Å². The lowest BCUT2D eigenvalue weighted by Gasteiger charge is -2.29. The average Bonchev–Trinajstić information content (AvgIpc) is 3.41. The lowest BCUT2D eigenvalue weighted by molar-refractivity contribution is -0.118. The molecule has 0 radical (unpaired) electrons. The monoisotopic (exact) mass is 463 g/mol. The maximum absolute atomic E-state index is 13.4. The third kappa shape index (κ3) is 5.33. The standard InChI is InChI=1S/C21H33N7O5/c1-13(2)12-28-17(22)16(18(30)25-20(28)31)27(9-10-32-4)15(29)11-23-21(7-5-6-8-21)19-24-14(3)33-26-19/h13,23H,5-12,22H2,1-4H3,(H,25,30,31). The van der Waals surface area contributed by atoms with Crippen LogP contribution in [0.5, 0.6) is 0 Å². The minimum atomic E-state index is -0.716. The Morgan fingerprint density at radius 2 is 2.06 bits per heavy atom. The van der Waals surface area contributed by atoms with Gasteiger partial charge in [-0.25, -0.2) is 4.79 Å². The summed E-state index contributed by atoms with van der Waals surface area (Å²) in [6.07, 6.45) is 3.46. The summed E-state index contributed by atoms with van der Waals surface area (Å²) in [4.78, 5) is 46.3. The molecular formula is C21H33N7O5. The summed E-state index contributed by atoms with van der Waals surface area (Å²) in [6.45, 7) is 6.07. The van der Waals surface area contributed by atoms with E-state index in [2.05, 4.69) is 20.4 Å². The number of aromatic nitrogens is 4. The van der Waals surface area contributed by atoms with E-state index >= 15 is 0 Å². The van der Waals surface area contributed by atoms with E-state index in [9.17, 15) is 14.4 Å². The van der Waals surface area contributed by atoms with E-state index in [4.69, 9.17) is 15.0 Å². The van der Waals surface area contributed by atoms with Crippen LogP contribution in [-0.4, -0.2) is 52.4 Å². The van der Waals surface area contributed by atoms with Crippen LogP contribution in [0, 0.1) is 12.8 Å². The molecule has 0 spiro atoms. The Hall–Kier alpha value is -2.99. The maximum atomic E-state index is 13.4. The van der Waals surface area contributed by atoms with Crippen LogP contribution in [0.3, 0.4) is 0 Å². The topological polar surface area (TPSA) is 161 Å². The van der Waals surface area contributed by atoms with Crippen molar-refractivity contribution in [2.45, 2.75) is 58.5 Å². The van der Waals surface area contributed by atoms with Crippen LogP contribution in [0.1, 0.15) is 51.2 Å². The van der Waals surface area contributed by atoms with Gasteiger partial charge in [-0.15, -0.1) is 0 Å². The molecule has 2 heterocycles. The van der Waals surface area contributed by atoms with Gasteiger partial charge in [0.15, 0.2) is 11.5 Å². The van der Waals surface area contributed by atoms with Crippen LogP contribution in [0.2, 0.25) is 0 Å². The van der Waals surface area contributed by atoms with Crippen molar-refractivity contribution in [2.24, 2.45) is 5.92 Å². The maximum Gasteiger partial charge on any atom is 0.330 e. The van der Waals surface area contributed by atoms with E-state index < -0.39 is 16.8 Å². The fourth-order valence-corrected chi connectivity index (χ4v) is 4.22. The summed E-state index contributed by atoms with van der Waals surface area (Å²) in [7, 11) is 1.50. The molecule has 1 saturated carbocycles. The number of rotatable bonds is 10. The van der Waals surface area contributed by atoms with Crippen molar-refractivity contribution < 1.29 is 14.1 Å². The highest BCUT2D eigenvalue weighted by Crippen LogP contribution is 2.37. The number of carbonyl (C=O) groups excluding carboxylic acids is 1. The number of amides is 1. The Labute approximate surface area is 191 Å². The van der Waals surface area contributed by atoms with E-state index in [-0.39, 0.29) is 43.0 Å². The quantitative estimate of drug-likeness (QED) is 0.456. The molecule has 12 heteroatoms. The Bertz CT molecular complexity index is 1080. The largest absolute Gasteiger partial charge is 0.383 e. The van der Waals surface area contributed by atoms with Crippen molar-refractivity contribution in [1.29, 1.82) is 0 Å². The fraction of sp³-hybridized carbons (Fsp3) is 0.667. The number of ether oxygens (including phenoxy) is 1. The van der Waals surface area contributed by atoms with Gasteiger partial charge < -0.3 is 19.9 Å². The molecule has 4 N–H and O–H groups in total. The molecule has 2 aromatic rings. The van der Waals surface area contributed by atoms with Gasteiger partial charge in [0.05, 0.1) is 18.7 Å². The zero-order valence-corrected chi connectivity index (χ0v) is 19.6. The summed E-state index contributed by atoms with van der Waals surface area (Å²) in [5, 5.41) is 7.38. The SMILES string of the molecule is COCCN(C(=O)CNC1(c2noc(C)n2)CCCC1)c1c(N)n(CC(C)C)c(=O)[nH]c1=O. The van der Waals surface area contributed by atoms with Crippen LogP contribution in [0.4, 0.5) is 11.5 Å². The van der Waals surface area contributed by atoms with E-state index in [1.54, 1.807) is 6.92 Å². The minimum Gasteiger partial charge on any atom is -0.383 e. The predicted molar refractivity (Wildman–Crippen MR) is 122 cm³/mol. The van der Waals surface area contributed by atoms with Crippen LogP contribution >= 0.6 is 0 Å². The number of nitrogens with two attached hydrogens (primary N) is 1. The number of carbonyl (C=O) groups is 1. The molecule has 33 heavy (non-hydrogen) atoms. The number of nitrogens with one attached hydrogen (secondary N) is 2. The summed E-state index contributed by atoms with van der Waals surface area (Å²) in [6, 6.07) is 0. The second-order valence-electron chi connectivity index (χ2n) is 8.82. The third-order valence-electron chi connectivity index (χ3n) is 5.84. The molecule has 2 aromatic heterocycles. The number of aromatic amines is 1. The summed E-state index contributed by atoms with van der Waals surface area (Å²) < 4.78 is 11.6. The number of anilines is 2. The lowest BCUT2D eigenvalue weighted by atomic mass is 9.96. The van der Waals surface area contributed by atoms with E-state index in [1.807, 2.05) is 13.8 Å². The first-order valence-electron chi connectivity index (χ1n) is 11.2. The van der Waals surface area contributed by atoms with Gasteiger partial charge in [-0.05, 0) is 18.8 Å². The second kappa shape index (κ2) is 10.3. The molecule has 1 aliphatic carbocycles. The van der Waals surface area contributed by atoms with Crippen molar-refractivity contribution in [1.82, 2.24) is 25.0 Å². The molecule has 0 aliphatic heterocycles. The van der Waals surface area contributed by atoms with Crippen LogP contribution in [-0.2, 0) is 21.6 Å². The van der Waals surface area contributed by atoms with Gasteiger partial charge in [0.25, 0.3) is 5.56 Å². The lowest BCUT2D eigenvalue weighted by Crippen LogP contribution is -2.50. The van der Waals surface area contributed by atoms with Crippen LogP contribution in [0.15, 0.2) is 14.1 Å². The molecule has 3 rings (SSSR count). The number of hydrogen-bond acceptors (Lipinski definition) is 9. The second-order valence-corrected chi connectivity index (χ2v) is 8.82. The summed E-state index contributed by atoms with van der Waals surface area (Å²) >= 11 is 0. The van der Waals surface area contributed by atoms with Gasteiger partial charge >= 0.3 is 5.69 Å². The molecule has 0 bridgehead atoms. The highest BCUT2D eigenvalue weighted by Gasteiger charge is 2.40. The molecule has 12 nitrogen and oxygen atoms in total. The molecular weight excluding hydrogens is 430 g/mol. The van der Waals surface area contributed by atoms with Crippen molar-refractivity contribution in [3.8, 4) is 0 Å². The van der Waals surface area contributed by atoms with Gasteiger partial charge in [0, 0.05) is 27.1 Å². The van der Waals surface area contributed by atoms with Crippen molar-refractivity contribution >= 4 is 17.4 Å². The molecule has 0 saturated heterocycles. The Morgan fingerprint density at radius 3 is 2.64 bits per heavy atom. The fourth-order valence-electron chi connectivity index (χ4n) is 4.22. The number of nitrogens with zero attached hydrogens (tertiary/aromatic N) is 4. The zero-order valence-electron chi connectivity index (χ0n) is 19.6. The van der Waals surface area contributed by atoms with Gasteiger partial charge in [-0.1, -0.05) is 31.8 Å². The first-order chi connectivity index (χ1) is 15.7.